The van der Waals surface area contributed by atoms with Crippen molar-refractivity contribution < 1.29 is 14.3 Å². The second kappa shape index (κ2) is 12.4. The molecule has 1 aliphatic heterocycles. The number of carbonyl (C=O) groups is 1. The van der Waals surface area contributed by atoms with Gasteiger partial charge in [-0.05, 0) is 61.4 Å². The van der Waals surface area contributed by atoms with Crippen LogP contribution in [0.15, 0.2) is 54.8 Å². The molecule has 4 heteroatoms. The molecule has 0 amide bonds. The van der Waals surface area contributed by atoms with Crippen LogP contribution >= 0.6 is 0 Å². The van der Waals surface area contributed by atoms with E-state index in [0.29, 0.717) is 13.2 Å². The molecule has 172 valence electrons. The van der Waals surface area contributed by atoms with E-state index in [1.807, 2.05) is 13.2 Å². The molecule has 0 radical (unpaired) electrons. The number of benzene rings is 2. The zero-order chi connectivity index (χ0) is 22.8. The Bertz CT molecular complexity index is 856. The van der Waals surface area contributed by atoms with Gasteiger partial charge in [-0.15, -0.1) is 0 Å². The first-order valence-corrected chi connectivity index (χ1v) is 12.0. The molecule has 0 spiro atoms. The Kier molecular flexibility index (Phi) is 9.36. The first-order chi connectivity index (χ1) is 15.7. The predicted octanol–water partition coefficient (Wildman–Crippen LogP) is 5.49. The average molecular weight is 436 g/mol. The van der Waals surface area contributed by atoms with Crippen molar-refractivity contribution in [1.29, 1.82) is 0 Å². The molecule has 0 bridgehead atoms. The second-order valence-electron chi connectivity index (χ2n) is 8.32. The summed E-state index contributed by atoms with van der Waals surface area (Å²) in [5.41, 5.74) is 6.25. The molecule has 0 aliphatic carbocycles. The van der Waals surface area contributed by atoms with E-state index in [4.69, 9.17) is 9.47 Å². The van der Waals surface area contributed by atoms with E-state index in [-0.39, 0.29) is 11.9 Å². The summed E-state index contributed by atoms with van der Waals surface area (Å²) in [5, 5.41) is 0. The maximum Gasteiger partial charge on any atom is 0.310 e. The van der Waals surface area contributed by atoms with E-state index in [2.05, 4.69) is 67.3 Å². The van der Waals surface area contributed by atoms with E-state index >= 15 is 0 Å². The van der Waals surface area contributed by atoms with Crippen LogP contribution < -0.4 is 0 Å². The van der Waals surface area contributed by atoms with Crippen LogP contribution in [-0.4, -0.2) is 43.7 Å². The van der Waals surface area contributed by atoms with Crippen molar-refractivity contribution in [2.75, 3.05) is 32.8 Å². The van der Waals surface area contributed by atoms with Crippen LogP contribution in [0, 0.1) is 5.92 Å². The molecule has 32 heavy (non-hydrogen) atoms. The van der Waals surface area contributed by atoms with Crippen LogP contribution in [0.2, 0.25) is 0 Å². The van der Waals surface area contributed by atoms with Crippen LogP contribution in [0.25, 0.3) is 5.57 Å². The van der Waals surface area contributed by atoms with Gasteiger partial charge in [0.25, 0.3) is 0 Å². The van der Waals surface area contributed by atoms with E-state index in [1.165, 1.54) is 22.3 Å². The number of esters is 1. The standard InChI is InChI=1S/C28H37NO3/c1-4-22-12-7-9-15-25(22)27(26-16-10-8-13-23(26)5-2)21-31-19-18-29-17-11-14-24(20-29)28(30)32-6-3/h7-10,12-13,15-16,21,24H,4-6,11,14,17-20H2,1-3H3/t24-/m1/s1. The number of hydrogen-bond acceptors (Lipinski definition) is 4. The lowest BCUT2D eigenvalue weighted by molar-refractivity contribution is -0.150. The maximum atomic E-state index is 12.1. The summed E-state index contributed by atoms with van der Waals surface area (Å²) in [6.45, 7) is 9.88. The number of carbonyl (C=O) groups excluding carboxylic acids is 1. The zero-order valence-electron chi connectivity index (χ0n) is 19.8. The molecule has 0 saturated carbocycles. The van der Waals surface area contributed by atoms with Gasteiger partial charge in [0.2, 0.25) is 0 Å². The van der Waals surface area contributed by atoms with E-state index in [9.17, 15) is 4.79 Å². The van der Waals surface area contributed by atoms with Crippen LogP contribution in [0.1, 0.15) is 55.9 Å². The van der Waals surface area contributed by atoms with Gasteiger partial charge in [0.15, 0.2) is 0 Å². The first-order valence-electron chi connectivity index (χ1n) is 12.0. The van der Waals surface area contributed by atoms with Gasteiger partial charge >= 0.3 is 5.97 Å². The number of rotatable bonds is 10. The fourth-order valence-corrected chi connectivity index (χ4v) is 4.49. The number of aryl methyl sites for hydroxylation is 2. The summed E-state index contributed by atoms with van der Waals surface area (Å²) < 4.78 is 11.4. The number of likely N-dealkylation sites (tertiary alicyclic amines) is 1. The Balaban J connectivity index is 1.72. The van der Waals surface area contributed by atoms with Gasteiger partial charge in [-0.2, -0.15) is 0 Å². The smallest absolute Gasteiger partial charge is 0.310 e. The lowest BCUT2D eigenvalue weighted by Gasteiger charge is -2.31. The topological polar surface area (TPSA) is 38.8 Å². The van der Waals surface area contributed by atoms with Crippen LogP contribution in [0.3, 0.4) is 0 Å². The maximum absolute atomic E-state index is 12.1. The molecule has 2 aromatic rings. The normalized spacial score (nSPS) is 16.4. The molecule has 1 aliphatic rings. The summed E-state index contributed by atoms with van der Waals surface area (Å²) in [4.78, 5) is 14.4. The van der Waals surface area contributed by atoms with Gasteiger partial charge in [0, 0.05) is 18.7 Å². The Morgan fingerprint density at radius 1 is 1.00 bits per heavy atom. The molecular weight excluding hydrogens is 398 g/mol. The number of piperidine rings is 1. The summed E-state index contributed by atoms with van der Waals surface area (Å²) in [6.07, 6.45) is 5.84. The molecule has 0 unspecified atom stereocenters. The lowest BCUT2D eigenvalue weighted by Crippen LogP contribution is -2.40. The van der Waals surface area contributed by atoms with Crippen LogP contribution in [0.4, 0.5) is 0 Å². The Hall–Kier alpha value is -2.59. The summed E-state index contributed by atoms with van der Waals surface area (Å²) in [7, 11) is 0. The molecule has 1 saturated heterocycles. The molecule has 1 heterocycles. The summed E-state index contributed by atoms with van der Waals surface area (Å²) in [5.74, 6) is -0.0738. The molecule has 2 aromatic carbocycles. The quantitative estimate of drug-likeness (QED) is 0.281. The highest BCUT2D eigenvalue weighted by Gasteiger charge is 2.26. The van der Waals surface area contributed by atoms with Crippen molar-refractivity contribution in [3.63, 3.8) is 0 Å². The molecule has 0 aromatic heterocycles. The second-order valence-corrected chi connectivity index (χ2v) is 8.32. The molecule has 1 fully saturated rings. The minimum atomic E-state index is -0.0624. The van der Waals surface area contributed by atoms with Crippen molar-refractivity contribution in [2.45, 2.75) is 46.5 Å². The third-order valence-electron chi connectivity index (χ3n) is 6.23. The van der Waals surface area contributed by atoms with Crippen molar-refractivity contribution in [2.24, 2.45) is 5.92 Å². The van der Waals surface area contributed by atoms with Gasteiger partial charge in [-0.3, -0.25) is 9.69 Å². The fraction of sp³-hybridized carbons (Fsp3) is 0.464. The molecule has 4 nitrogen and oxygen atoms in total. The van der Waals surface area contributed by atoms with Gasteiger partial charge < -0.3 is 9.47 Å². The van der Waals surface area contributed by atoms with Crippen LogP contribution in [0.5, 0.6) is 0 Å². The SMILES string of the molecule is CCOC(=O)[C@@H]1CCCN(CCOC=C(c2ccccc2CC)c2ccccc2CC)C1. The summed E-state index contributed by atoms with van der Waals surface area (Å²) >= 11 is 0. The average Bonchev–Trinajstić information content (AvgIpc) is 2.84. The number of ether oxygens (including phenoxy) is 2. The fourth-order valence-electron chi connectivity index (χ4n) is 4.49. The first kappa shape index (κ1) is 24.1. The van der Waals surface area contributed by atoms with Gasteiger partial charge in [-0.1, -0.05) is 62.4 Å². The highest BCUT2D eigenvalue weighted by atomic mass is 16.5. The number of nitrogens with zero attached hydrogens (tertiary/aromatic N) is 1. The summed E-state index contributed by atoms with van der Waals surface area (Å²) in [6, 6.07) is 17.2. The molecule has 3 rings (SSSR count). The number of hydrogen-bond donors (Lipinski definition) is 0. The van der Waals surface area contributed by atoms with Crippen LogP contribution in [-0.2, 0) is 27.1 Å². The van der Waals surface area contributed by atoms with Crippen molar-refractivity contribution >= 4 is 11.5 Å². The highest BCUT2D eigenvalue weighted by Crippen LogP contribution is 2.29. The monoisotopic (exact) mass is 435 g/mol. The Morgan fingerprint density at radius 2 is 1.62 bits per heavy atom. The lowest BCUT2D eigenvalue weighted by atomic mass is 9.90. The minimum absolute atomic E-state index is 0.0114. The van der Waals surface area contributed by atoms with Gasteiger partial charge in [-0.25, -0.2) is 0 Å². The third-order valence-corrected chi connectivity index (χ3v) is 6.23. The Labute approximate surface area is 193 Å². The molecule has 1 atom stereocenters. The minimum Gasteiger partial charge on any atom is -0.499 e. The molecular formula is C28H37NO3. The van der Waals surface area contributed by atoms with E-state index < -0.39 is 0 Å². The van der Waals surface area contributed by atoms with E-state index in [0.717, 1.165) is 50.9 Å². The van der Waals surface area contributed by atoms with Gasteiger partial charge in [0.05, 0.1) is 18.8 Å². The van der Waals surface area contributed by atoms with Crippen molar-refractivity contribution in [1.82, 2.24) is 4.90 Å². The largest absolute Gasteiger partial charge is 0.499 e. The highest BCUT2D eigenvalue weighted by molar-refractivity contribution is 5.82. The Morgan fingerprint density at radius 3 is 2.22 bits per heavy atom. The van der Waals surface area contributed by atoms with Crippen molar-refractivity contribution in [3.05, 3.63) is 77.0 Å². The third kappa shape index (κ3) is 6.23. The van der Waals surface area contributed by atoms with Crippen molar-refractivity contribution in [3.8, 4) is 0 Å². The zero-order valence-corrected chi connectivity index (χ0v) is 19.8. The van der Waals surface area contributed by atoms with Gasteiger partial charge in [0.1, 0.15) is 6.61 Å². The predicted molar refractivity (Wildman–Crippen MR) is 130 cm³/mol. The van der Waals surface area contributed by atoms with E-state index in [1.54, 1.807) is 0 Å². The molecule has 0 N–H and O–H groups in total.